The molecule has 0 heterocycles. The van der Waals surface area contributed by atoms with Crippen molar-refractivity contribution in [3.05, 3.63) is 29.8 Å². The Labute approximate surface area is 111 Å². The highest BCUT2D eigenvalue weighted by Crippen LogP contribution is 2.26. The lowest BCUT2D eigenvalue weighted by molar-refractivity contribution is -0.274. The Kier molecular flexibility index (Phi) is 7.09. The Bertz CT molecular complexity index is 357. The standard InChI is InChI=1S/C12H16F3NO.ClH/c1-2-3-7-11(16)9-5-4-6-10(8-9)17-12(13,14)15;/h4-6,8,11H,2-3,7,16H2,1H3;1H/t11-;/m1./s1. The smallest absolute Gasteiger partial charge is 0.406 e. The first-order valence-electron chi connectivity index (χ1n) is 5.53. The first kappa shape index (κ1) is 17.1. The number of hydrogen-bond donors (Lipinski definition) is 1. The molecule has 1 atom stereocenters. The van der Waals surface area contributed by atoms with Crippen LogP contribution in [0, 0.1) is 0 Å². The van der Waals surface area contributed by atoms with Gasteiger partial charge in [0.2, 0.25) is 0 Å². The molecule has 6 heteroatoms. The molecule has 0 aromatic heterocycles. The van der Waals surface area contributed by atoms with Crippen LogP contribution in [0.3, 0.4) is 0 Å². The van der Waals surface area contributed by atoms with E-state index in [0.717, 1.165) is 19.3 Å². The van der Waals surface area contributed by atoms with Crippen LogP contribution in [0.15, 0.2) is 24.3 Å². The number of unbranched alkanes of at least 4 members (excludes halogenated alkanes) is 1. The summed E-state index contributed by atoms with van der Waals surface area (Å²) in [6.07, 6.45) is -1.95. The maximum absolute atomic E-state index is 12.0. The molecule has 0 saturated carbocycles. The molecule has 0 radical (unpaired) electrons. The summed E-state index contributed by atoms with van der Waals surface area (Å²) in [5.41, 5.74) is 6.54. The Morgan fingerprint density at radius 1 is 1.33 bits per heavy atom. The molecule has 18 heavy (non-hydrogen) atoms. The van der Waals surface area contributed by atoms with Gasteiger partial charge in [0.25, 0.3) is 0 Å². The zero-order valence-electron chi connectivity index (χ0n) is 10.0. The van der Waals surface area contributed by atoms with Gasteiger partial charge in [-0.3, -0.25) is 0 Å². The van der Waals surface area contributed by atoms with Crippen LogP contribution in [-0.2, 0) is 0 Å². The molecule has 1 rings (SSSR count). The number of nitrogens with two attached hydrogens (primary N) is 1. The van der Waals surface area contributed by atoms with Crippen molar-refractivity contribution in [2.45, 2.75) is 38.6 Å². The van der Waals surface area contributed by atoms with Crippen LogP contribution in [-0.4, -0.2) is 6.36 Å². The average molecular weight is 284 g/mol. The van der Waals surface area contributed by atoms with Crippen LogP contribution in [0.5, 0.6) is 5.75 Å². The monoisotopic (exact) mass is 283 g/mol. The lowest BCUT2D eigenvalue weighted by atomic mass is 10.0. The topological polar surface area (TPSA) is 35.2 Å². The molecular formula is C12H17ClF3NO. The lowest BCUT2D eigenvalue weighted by Crippen LogP contribution is -2.17. The van der Waals surface area contributed by atoms with E-state index in [2.05, 4.69) is 4.74 Å². The first-order valence-corrected chi connectivity index (χ1v) is 5.53. The molecule has 0 aliphatic rings. The number of rotatable bonds is 5. The van der Waals surface area contributed by atoms with Gasteiger partial charge in [0.1, 0.15) is 5.75 Å². The van der Waals surface area contributed by atoms with E-state index in [-0.39, 0.29) is 24.2 Å². The van der Waals surface area contributed by atoms with Crippen molar-refractivity contribution in [1.82, 2.24) is 0 Å². The summed E-state index contributed by atoms with van der Waals surface area (Å²) in [5, 5.41) is 0. The summed E-state index contributed by atoms with van der Waals surface area (Å²) in [7, 11) is 0. The van der Waals surface area contributed by atoms with Crippen molar-refractivity contribution in [3.8, 4) is 5.75 Å². The third-order valence-electron chi connectivity index (χ3n) is 2.39. The maximum Gasteiger partial charge on any atom is 0.573 e. The van der Waals surface area contributed by atoms with Crippen LogP contribution >= 0.6 is 12.4 Å². The molecule has 0 amide bonds. The summed E-state index contributed by atoms with van der Waals surface area (Å²) >= 11 is 0. The molecule has 2 N–H and O–H groups in total. The van der Waals surface area contributed by atoms with Crippen LogP contribution in [0.1, 0.15) is 37.8 Å². The summed E-state index contributed by atoms with van der Waals surface area (Å²) in [6, 6.07) is 5.59. The predicted octanol–water partition coefficient (Wildman–Crippen LogP) is 4.20. The van der Waals surface area contributed by atoms with Gasteiger partial charge in [-0.25, -0.2) is 0 Å². The van der Waals surface area contributed by atoms with Gasteiger partial charge in [0, 0.05) is 6.04 Å². The molecule has 0 aliphatic heterocycles. The van der Waals surface area contributed by atoms with E-state index in [9.17, 15) is 13.2 Å². The molecule has 1 aromatic carbocycles. The minimum atomic E-state index is -4.66. The minimum absolute atomic E-state index is 0. The van der Waals surface area contributed by atoms with Gasteiger partial charge in [-0.05, 0) is 24.1 Å². The average Bonchev–Trinajstić information content (AvgIpc) is 2.24. The fraction of sp³-hybridized carbons (Fsp3) is 0.500. The second kappa shape index (κ2) is 7.48. The molecule has 0 unspecified atom stereocenters. The molecule has 0 fully saturated rings. The van der Waals surface area contributed by atoms with Gasteiger partial charge in [0.05, 0.1) is 0 Å². The fourth-order valence-corrected chi connectivity index (χ4v) is 1.53. The molecule has 2 nitrogen and oxygen atoms in total. The van der Waals surface area contributed by atoms with Gasteiger partial charge in [-0.15, -0.1) is 25.6 Å². The highest BCUT2D eigenvalue weighted by atomic mass is 35.5. The van der Waals surface area contributed by atoms with E-state index in [1.54, 1.807) is 6.07 Å². The number of halogens is 4. The Hall–Kier alpha value is -0.940. The molecule has 1 aromatic rings. The molecule has 104 valence electrons. The van der Waals surface area contributed by atoms with Crippen LogP contribution in [0.2, 0.25) is 0 Å². The molecule has 0 spiro atoms. The van der Waals surface area contributed by atoms with Crippen molar-refractivity contribution in [2.24, 2.45) is 5.73 Å². The number of benzene rings is 1. The normalized spacial score (nSPS) is 12.7. The highest BCUT2D eigenvalue weighted by molar-refractivity contribution is 5.85. The van der Waals surface area contributed by atoms with Gasteiger partial charge < -0.3 is 10.5 Å². The molecular weight excluding hydrogens is 267 g/mol. The van der Waals surface area contributed by atoms with E-state index < -0.39 is 6.36 Å². The summed E-state index contributed by atoms with van der Waals surface area (Å²) < 4.78 is 39.9. The molecule has 0 aliphatic carbocycles. The van der Waals surface area contributed by atoms with E-state index in [1.165, 1.54) is 18.2 Å². The quantitative estimate of drug-likeness (QED) is 0.879. The zero-order chi connectivity index (χ0) is 12.9. The van der Waals surface area contributed by atoms with E-state index in [1.807, 2.05) is 6.92 Å². The van der Waals surface area contributed by atoms with E-state index >= 15 is 0 Å². The van der Waals surface area contributed by atoms with Crippen molar-refractivity contribution in [1.29, 1.82) is 0 Å². The van der Waals surface area contributed by atoms with Crippen molar-refractivity contribution >= 4 is 12.4 Å². The Balaban J connectivity index is 0.00000289. The highest BCUT2D eigenvalue weighted by Gasteiger charge is 2.31. The van der Waals surface area contributed by atoms with Crippen molar-refractivity contribution in [3.63, 3.8) is 0 Å². The van der Waals surface area contributed by atoms with Crippen molar-refractivity contribution < 1.29 is 17.9 Å². The Morgan fingerprint density at radius 2 is 2.00 bits per heavy atom. The predicted molar refractivity (Wildman–Crippen MR) is 66.8 cm³/mol. The number of alkyl halides is 3. The SMILES string of the molecule is CCCC[C@@H](N)c1cccc(OC(F)(F)F)c1.Cl. The van der Waals surface area contributed by atoms with Crippen molar-refractivity contribution in [2.75, 3.05) is 0 Å². The van der Waals surface area contributed by atoms with Gasteiger partial charge in [-0.1, -0.05) is 31.9 Å². The summed E-state index contributed by atoms with van der Waals surface area (Å²) in [6.45, 7) is 2.04. The van der Waals surface area contributed by atoms with Gasteiger partial charge >= 0.3 is 6.36 Å². The second-order valence-corrected chi connectivity index (χ2v) is 3.87. The van der Waals surface area contributed by atoms with Crippen LogP contribution in [0.4, 0.5) is 13.2 Å². The fourth-order valence-electron chi connectivity index (χ4n) is 1.53. The lowest BCUT2D eigenvalue weighted by Gasteiger charge is -2.14. The maximum atomic E-state index is 12.0. The third-order valence-corrected chi connectivity index (χ3v) is 2.39. The van der Waals surface area contributed by atoms with Crippen LogP contribution in [0.25, 0.3) is 0 Å². The Morgan fingerprint density at radius 3 is 2.56 bits per heavy atom. The molecule has 0 bridgehead atoms. The second-order valence-electron chi connectivity index (χ2n) is 3.87. The number of hydrogen-bond acceptors (Lipinski definition) is 2. The van der Waals surface area contributed by atoms with Gasteiger partial charge in [-0.2, -0.15) is 0 Å². The number of ether oxygens (including phenoxy) is 1. The largest absolute Gasteiger partial charge is 0.573 e. The summed E-state index contributed by atoms with van der Waals surface area (Å²) in [4.78, 5) is 0. The van der Waals surface area contributed by atoms with Crippen LogP contribution < -0.4 is 10.5 Å². The van der Waals surface area contributed by atoms with E-state index in [0.29, 0.717) is 5.56 Å². The summed E-state index contributed by atoms with van der Waals surface area (Å²) in [5.74, 6) is -0.220. The first-order chi connectivity index (χ1) is 7.92. The zero-order valence-corrected chi connectivity index (χ0v) is 10.9. The third kappa shape index (κ3) is 6.12. The van der Waals surface area contributed by atoms with Gasteiger partial charge in [0.15, 0.2) is 0 Å². The molecule has 0 saturated heterocycles. The minimum Gasteiger partial charge on any atom is -0.406 e. The van der Waals surface area contributed by atoms with E-state index in [4.69, 9.17) is 5.73 Å².